The van der Waals surface area contributed by atoms with Crippen molar-refractivity contribution in [1.29, 1.82) is 0 Å². The molecule has 0 spiro atoms. The Kier molecular flexibility index (Phi) is 4.94. The molecule has 3 aromatic heterocycles. The molecule has 3 heterocycles. The third kappa shape index (κ3) is 3.35. The van der Waals surface area contributed by atoms with Gasteiger partial charge in [0, 0.05) is 4.88 Å². The van der Waals surface area contributed by atoms with Crippen LogP contribution < -0.4 is 5.56 Å². The first-order valence-corrected chi connectivity index (χ1v) is 11.6. The number of rotatable bonds is 4. The molecule has 1 aromatic carbocycles. The lowest BCUT2D eigenvalue weighted by Gasteiger charge is -2.17. The van der Waals surface area contributed by atoms with Gasteiger partial charge in [0.2, 0.25) is 5.89 Å². The molecule has 9 heteroatoms. The number of fused-ring (bicyclic) bond motifs is 3. The molecule has 5 rings (SSSR count). The maximum atomic E-state index is 14.7. The lowest BCUT2D eigenvalue weighted by atomic mass is 9.89. The van der Waals surface area contributed by atoms with Crippen molar-refractivity contribution in [1.82, 2.24) is 19.7 Å². The van der Waals surface area contributed by atoms with E-state index in [2.05, 4.69) is 17.1 Å². The van der Waals surface area contributed by atoms with Crippen LogP contribution in [0.5, 0.6) is 0 Å². The average molecular weight is 443 g/mol. The van der Waals surface area contributed by atoms with Gasteiger partial charge in [-0.2, -0.15) is 4.98 Å². The highest BCUT2D eigenvalue weighted by Gasteiger charge is 2.26. The van der Waals surface area contributed by atoms with E-state index in [9.17, 15) is 9.18 Å². The molecule has 154 valence electrons. The number of aromatic nitrogens is 4. The highest BCUT2D eigenvalue weighted by atomic mass is 32.2. The Bertz CT molecular complexity index is 1310. The molecule has 0 radical (unpaired) electrons. The van der Waals surface area contributed by atoms with Gasteiger partial charge in [0.25, 0.3) is 5.56 Å². The summed E-state index contributed by atoms with van der Waals surface area (Å²) in [7, 11) is 0. The average Bonchev–Trinajstić information content (AvgIpc) is 3.29. The predicted octanol–water partition coefficient (Wildman–Crippen LogP) is 4.69. The number of benzene rings is 1. The van der Waals surface area contributed by atoms with Gasteiger partial charge in [-0.05, 0) is 49.8 Å². The number of nitrogens with zero attached hydrogens (tertiary/aromatic N) is 4. The zero-order valence-corrected chi connectivity index (χ0v) is 18.1. The molecule has 0 bridgehead atoms. The van der Waals surface area contributed by atoms with Crippen molar-refractivity contribution >= 4 is 33.3 Å². The Morgan fingerprint density at radius 3 is 2.93 bits per heavy atom. The van der Waals surface area contributed by atoms with Gasteiger partial charge in [0.05, 0.1) is 16.8 Å². The van der Waals surface area contributed by atoms with E-state index < -0.39 is 5.82 Å². The molecule has 0 saturated carbocycles. The van der Waals surface area contributed by atoms with E-state index in [1.165, 1.54) is 27.3 Å². The summed E-state index contributed by atoms with van der Waals surface area (Å²) >= 11 is 2.87. The predicted molar refractivity (Wildman–Crippen MR) is 115 cm³/mol. The summed E-state index contributed by atoms with van der Waals surface area (Å²) in [5, 5.41) is 4.84. The summed E-state index contributed by atoms with van der Waals surface area (Å²) in [5.74, 6) is 1.45. The fourth-order valence-electron chi connectivity index (χ4n) is 3.84. The summed E-state index contributed by atoms with van der Waals surface area (Å²) < 4.78 is 21.3. The zero-order valence-electron chi connectivity index (χ0n) is 16.5. The molecule has 6 nitrogen and oxygen atoms in total. The van der Waals surface area contributed by atoms with E-state index >= 15 is 0 Å². The normalized spacial score (nSPS) is 16.2. The van der Waals surface area contributed by atoms with E-state index in [-0.39, 0.29) is 11.2 Å². The summed E-state index contributed by atoms with van der Waals surface area (Å²) in [4.78, 5) is 24.6. The highest BCUT2D eigenvalue weighted by Crippen LogP contribution is 2.37. The third-order valence-corrected chi connectivity index (χ3v) is 7.36. The molecule has 0 N–H and O–H groups in total. The molecule has 0 aliphatic heterocycles. The standard InChI is InChI=1S/C21H19FN4O2S2/c1-11-7-8-13-16(9-11)30-19-18(13)20(27)26(15-6-4-3-5-14(15)22)21(24-19)29-10-17-23-12(2)25-28-17/h3-6,11H,7-10H2,1-2H3/t11-/m0/s1. The molecule has 0 amide bonds. The fourth-order valence-corrected chi connectivity index (χ4v) is 6.11. The van der Waals surface area contributed by atoms with E-state index in [1.807, 2.05) is 0 Å². The maximum absolute atomic E-state index is 14.7. The van der Waals surface area contributed by atoms with Gasteiger partial charge in [0.1, 0.15) is 10.6 Å². The number of hydrogen-bond acceptors (Lipinski definition) is 7. The number of thiophene rings is 1. The molecule has 30 heavy (non-hydrogen) atoms. The highest BCUT2D eigenvalue weighted by molar-refractivity contribution is 7.98. The lowest BCUT2D eigenvalue weighted by Crippen LogP contribution is -2.23. The van der Waals surface area contributed by atoms with Crippen LogP contribution in [0.15, 0.2) is 38.7 Å². The monoisotopic (exact) mass is 442 g/mol. The van der Waals surface area contributed by atoms with Crippen LogP contribution in [0.4, 0.5) is 4.39 Å². The smallest absolute Gasteiger partial charge is 0.267 e. The second-order valence-corrected chi connectivity index (χ2v) is 9.57. The summed E-state index contributed by atoms with van der Waals surface area (Å²) in [6.45, 7) is 3.97. The van der Waals surface area contributed by atoms with E-state index in [1.54, 1.807) is 36.5 Å². The van der Waals surface area contributed by atoms with E-state index in [0.29, 0.717) is 33.9 Å². The van der Waals surface area contributed by atoms with Crippen LogP contribution in [0, 0.1) is 18.7 Å². The Morgan fingerprint density at radius 2 is 2.17 bits per heavy atom. The Balaban J connectivity index is 1.69. The first-order chi connectivity index (χ1) is 14.5. The number of para-hydroxylation sites is 1. The molecule has 1 aliphatic carbocycles. The fraction of sp³-hybridized carbons (Fsp3) is 0.333. The van der Waals surface area contributed by atoms with Crippen LogP contribution in [0.2, 0.25) is 0 Å². The minimum atomic E-state index is -0.464. The Labute approximate surface area is 180 Å². The van der Waals surface area contributed by atoms with Crippen LogP contribution in [-0.2, 0) is 18.6 Å². The zero-order chi connectivity index (χ0) is 20.8. The van der Waals surface area contributed by atoms with Crippen molar-refractivity contribution in [3.63, 3.8) is 0 Å². The van der Waals surface area contributed by atoms with Crippen LogP contribution in [-0.4, -0.2) is 19.7 Å². The molecule has 0 fully saturated rings. The molecule has 1 aliphatic rings. The Hall–Kier alpha value is -2.52. The first kappa shape index (κ1) is 19.4. The van der Waals surface area contributed by atoms with Crippen molar-refractivity contribution in [2.45, 2.75) is 44.0 Å². The van der Waals surface area contributed by atoms with Crippen molar-refractivity contribution in [2.75, 3.05) is 0 Å². The largest absolute Gasteiger partial charge is 0.338 e. The molecule has 1 atom stereocenters. The van der Waals surface area contributed by atoms with Crippen molar-refractivity contribution in [3.8, 4) is 5.69 Å². The summed E-state index contributed by atoms with van der Waals surface area (Å²) in [5.41, 5.74) is 1.06. The summed E-state index contributed by atoms with van der Waals surface area (Å²) in [6, 6.07) is 6.28. The number of halogens is 1. The molecule has 0 saturated heterocycles. The summed E-state index contributed by atoms with van der Waals surface area (Å²) in [6.07, 6.45) is 2.86. The molecule has 0 unspecified atom stereocenters. The number of hydrogen-bond donors (Lipinski definition) is 0. The van der Waals surface area contributed by atoms with Crippen LogP contribution in [0.25, 0.3) is 15.9 Å². The van der Waals surface area contributed by atoms with Crippen LogP contribution in [0.3, 0.4) is 0 Å². The number of thioether (sulfide) groups is 1. The minimum Gasteiger partial charge on any atom is -0.338 e. The topological polar surface area (TPSA) is 73.8 Å². The maximum Gasteiger partial charge on any atom is 0.267 e. The molecular weight excluding hydrogens is 423 g/mol. The van der Waals surface area contributed by atoms with Gasteiger partial charge in [-0.15, -0.1) is 11.3 Å². The van der Waals surface area contributed by atoms with Crippen molar-refractivity contribution in [2.24, 2.45) is 5.92 Å². The Morgan fingerprint density at radius 1 is 1.33 bits per heavy atom. The van der Waals surface area contributed by atoms with Gasteiger partial charge in [0.15, 0.2) is 11.0 Å². The first-order valence-electron chi connectivity index (χ1n) is 9.75. The van der Waals surface area contributed by atoms with Gasteiger partial charge in [-0.25, -0.2) is 9.37 Å². The molecule has 4 aromatic rings. The minimum absolute atomic E-state index is 0.199. The van der Waals surface area contributed by atoms with Gasteiger partial charge >= 0.3 is 0 Å². The number of aryl methyl sites for hydroxylation is 2. The lowest BCUT2D eigenvalue weighted by molar-refractivity contribution is 0.387. The third-order valence-electron chi connectivity index (χ3n) is 5.29. The quantitative estimate of drug-likeness (QED) is 0.337. The molecular formula is C21H19FN4O2S2. The van der Waals surface area contributed by atoms with E-state index in [4.69, 9.17) is 9.51 Å². The second-order valence-electron chi connectivity index (χ2n) is 7.54. The van der Waals surface area contributed by atoms with Gasteiger partial charge < -0.3 is 4.52 Å². The van der Waals surface area contributed by atoms with Crippen LogP contribution >= 0.6 is 23.1 Å². The SMILES string of the molecule is Cc1noc(CSc2nc3sc4c(c3c(=O)n2-c2ccccc2F)CC[C@H](C)C4)n1. The van der Waals surface area contributed by atoms with Gasteiger partial charge in [-0.3, -0.25) is 9.36 Å². The van der Waals surface area contributed by atoms with Crippen molar-refractivity contribution < 1.29 is 8.91 Å². The van der Waals surface area contributed by atoms with Crippen molar-refractivity contribution in [3.05, 3.63) is 62.6 Å². The second kappa shape index (κ2) is 7.63. The van der Waals surface area contributed by atoms with Crippen LogP contribution in [0.1, 0.15) is 35.5 Å². The van der Waals surface area contributed by atoms with Gasteiger partial charge in [-0.1, -0.05) is 36.0 Å². The van der Waals surface area contributed by atoms with E-state index in [0.717, 1.165) is 29.7 Å².